The van der Waals surface area contributed by atoms with Crippen LogP contribution in [0.4, 0.5) is 5.69 Å². The van der Waals surface area contributed by atoms with E-state index in [9.17, 15) is 14.9 Å². The van der Waals surface area contributed by atoms with Crippen molar-refractivity contribution < 1.29 is 14.5 Å². The molecule has 0 saturated heterocycles. The lowest BCUT2D eigenvalue weighted by Crippen LogP contribution is -2.05. The molecule has 0 spiro atoms. The number of esters is 1. The Bertz CT molecular complexity index is 1090. The number of hydrogen-bond acceptors (Lipinski definition) is 4. The highest BCUT2D eigenvalue weighted by molar-refractivity contribution is 6.37. The third-order valence-corrected chi connectivity index (χ3v) is 4.82. The Morgan fingerprint density at radius 2 is 1.28 bits per heavy atom. The van der Waals surface area contributed by atoms with Gasteiger partial charge in [0.25, 0.3) is 5.69 Å². The molecule has 0 radical (unpaired) electrons. The lowest BCUT2D eigenvalue weighted by atomic mass is 10.00. The van der Waals surface area contributed by atoms with E-state index in [0.717, 1.165) is 27.8 Å². The van der Waals surface area contributed by atoms with Gasteiger partial charge < -0.3 is 4.74 Å². The summed E-state index contributed by atoms with van der Waals surface area (Å²) in [5.41, 5.74) is 5.73. The van der Waals surface area contributed by atoms with Gasteiger partial charge in [-0.15, -0.1) is 0 Å². The van der Waals surface area contributed by atoms with Crippen molar-refractivity contribution in [3.8, 4) is 0 Å². The van der Waals surface area contributed by atoms with Gasteiger partial charge in [-0.3, -0.25) is 10.1 Å². The average molecular weight is 383 g/mol. The highest BCUT2D eigenvalue weighted by Gasteiger charge is 2.37. The fraction of sp³-hybridized carbons (Fsp3) is 0.0417. The fourth-order valence-corrected chi connectivity index (χ4v) is 3.44. The standard InChI is InChI=1S/C24H17NO4/c1-29-24(26)22(18-12-14-19(15-13-18)25(27)28)23-20(16-8-4-2-5-9-16)21(23)17-10-6-3-7-11-17/h2-15H,1H3. The molecule has 0 N–H and O–H groups in total. The molecule has 0 fully saturated rings. The maximum atomic E-state index is 12.7. The van der Waals surface area contributed by atoms with Crippen LogP contribution >= 0.6 is 0 Å². The molecule has 5 nitrogen and oxygen atoms in total. The van der Waals surface area contributed by atoms with Crippen LogP contribution in [0.25, 0.3) is 16.7 Å². The van der Waals surface area contributed by atoms with Gasteiger partial charge in [-0.25, -0.2) is 4.79 Å². The Kier molecular flexibility index (Phi) is 4.79. The molecule has 0 saturated carbocycles. The first-order valence-corrected chi connectivity index (χ1v) is 9.05. The lowest BCUT2D eigenvalue weighted by molar-refractivity contribution is -0.384. The first kappa shape index (κ1) is 18.4. The first-order valence-electron chi connectivity index (χ1n) is 9.05. The number of carbonyl (C=O) groups excluding carboxylic acids is 1. The molecule has 5 heteroatoms. The summed E-state index contributed by atoms with van der Waals surface area (Å²) in [5, 5.41) is 11.0. The molecule has 29 heavy (non-hydrogen) atoms. The quantitative estimate of drug-likeness (QED) is 0.265. The Labute approximate surface area is 167 Å². The summed E-state index contributed by atoms with van der Waals surface area (Å²) in [6, 6.07) is 25.6. The molecule has 3 aromatic carbocycles. The number of nitrogens with zero attached hydrogens (tertiary/aromatic N) is 1. The van der Waals surface area contributed by atoms with E-state index in [-0.39, 0.29) is 5.69 Å². The van der Waals surface area contributed by atoms with Crippen LogP contribution in [0.15, 0.2) is 90.5 Å². The van der Waals surface area contributed by atoms with Crippen LogP contribution in [0.5, 0.6) is 0 Å². The van der Waals surface area contributed by atoms with Crippen molar-refractivity contribution in [1.82, 2.24) is 0 Å². The zero-order valence-corrected chi connectivity index (χ0v) is 15.7. The number of nitro groups is 1. The van der Waals surface area contributed by atoms with Crippen molar-refractivity contribution in [2.45, 2.75) is 0 Å². The molecule has 0 bridgehead atoms. The molecule has 0 atom stereocenters. The van der Waals surface area contributed by atoms with Crippen LogP contribution in [0.3, 0.4) is 0 Å². The van der Waals surface area contributed by atoms with Gasteiger partial charge in [0.05, 0.1) is 17.6 Å². The molecular weight excluding hydrogens is 366 g/mol. The summed E-state index contributed by atoms with van der Waals surface area (Å²) in [4.78, 5) is 23.2. The normalized spacial score (nSPS) is 12.5. The fourth-order valence-electron chi connectivity index (χ4n) is 3.44. The predicted molar refractivity (Wildman–Crippen MR) is 112 cm³/mol. The largest absolute Gasteiger partial charge is 0.465 e. The number of allylic oxidation sites excluding steroid dienone is 3. The summed E-state index contributed by atoms with van der Waals surface area (Å²) in [7, 11) is 1.33. The minimum Gasteiger partial charge on any atom is -0.465 e. The topological polar surface area (TPSA) is 69.4 Å². The number of methoxy groups -OCH3 is 1. The van der Waals surface area contributed by atoms with Gasteiger partial charge in [0.15, 0.2) is 0 Å². The van der Waals surface area contributed by atoms with E-state index in [1.165, 1.54) is 19.2 Å². The number of carbonyl (C=O) groups is 1. The van der Waals surface area contributed by atoms with Crippen LogP contribution in [0.1, 0.15) is 16.7 Å². The molecule has 0 heterocycles. The maximum Gasteiger partial charge on any atom is 0.339 e. The Morgan fingerprint density at radius 1 is 0.793 bits per heavy atom. The molecule has 3 aromatic rings. The van der Waals surface area contributed by atoms with Crippen LogP contribution in [-0.2, 0) is 9.53 Å². The van der Waals surface area contributed by atoms with Crippen LogP contribution in [-0.4, -0.2) is 18.0 Å². The van der Waals surface area contributed by atoms with E-state index in [0.29, 0.717) is 11.1 Å². The van der Waals surface area contributed by atoms with Crippen molar-refractivity contribution in [3.05, 3.63) is 117 Å². The van der Waals surface area contributed by atoms with Crippen molar-refractivity contribution in [2.75, 3.05) is 7.11 Å². The van der Waals surface area contributed by atoms with Gasteiger partial charge >= 0.3 is 5.97 Å². The lowest BCUT2D eigenvalue weighted by Gasteiger charge is -2.07. The van der Waals surface area contributed by atoms with Crippen molar-refractivity contribution in [1.29, 1.82) is 0 Å². The van der Waals surface area contributed by atoms with E-state index in [4.69, 9.17) is 4.74 Å². The summed E-state index contributed by atoms with van der Waals surface area (Å²) in [6.45, 7) is 0. The zero-order chi connectivity index (χ0) is 20.4. The van der Waals surface area contributed by atoms with E-state index in [2.05, 4.69) is 0 Å². The molecule has 0 amide bonds. The minimum atomic E-state index is -0.479. The van der Waals surface area contributed by atoms with E-state index in [1.807, 2.05) is 60.7 Å². The van der Waals surface area contributed by atoms with Crippen LogP contribution < -0.4 is 0 Å². The maximum absolute atomic E-state index is 12.7. The SMILES string of the molecule is COC(=O)C(=C1C(c2ccccc2)=C1c1ccccc1)c1ccc([N+](=O)[O-])cc1. The molecule has 0 aromatic heterocycles. The second-order valence-electron chi connectivity index (χ2n) is 6.53. The smallest absolute Gasteiger partial charge is 0.339 e. The monoisotopic (exact) mass is 383 g/mol. The highest BCUT2D eigenvalue weighted by atomic mass is 16.6. The third-order valence-electron chi connectivity index (χ3n) is 4.82. The number of rotatable bonds is 5. The number of non-ortho nitro benzene ring substituents is 1. The predicted octanol–water partition coefficient (Wildman–Crippen LogP) is 5.15. The number of ether oxygens (including phenoxy) is 1. The Balaban J connectivity index is 1.90. The van der Waals surface area contributed by atoms with Crippen LogP contribution in [0, 0.1) is 10.1 Å². The molecular formula is C24H17NO4. The molecule has 1 aliphatic carbocycles. The van der Waals surface area contributed by atoms with Crippen molar-refractivity contribution in [3.63, 3.8) is 0 Å². The second kappa shape index (κ2) is 7.56. The molecule has 1 aliphatic rings. The van der Waals surface area contributed by atoms with Gasteiger partial charge in [0, 0.05) is 17.7 Å². The van der Waals surface area contributed by atoms with E-state index < -0.39 is 10.9 Å². The van der Waals surface area contributed by atoms with Gasteiger partial charge in [-0.05, 0) is 40.0 Å². The summed E-state index contributed by atoms with van der Waals surface area (Å²) >= 11 is 0. The number of hydrogen-bond donors (Lipinski definition) is 0. The molecule has 4 rings (SSSR count). The third kappa shape index (κ3) is 3.46. The first-order chi connectivity index (χ1) is 14.1. The summed E-state index contributed by atoms with van der Waals surface area (Å²) < 4.78 is 5.06. The van der Waals surface area contributed by atoms with Gasteiger partial charge in [-0.2, -0.15) is 0 Å². The summed E-state index contributed by atoms with van der Waals surface area (Å²) in [6.07, 6.45) is 0. The van der Waals surface area contributed by atoms with Crippen molar-refractivity contribution in [2.24, 2.45) is 0 Å². The highest BCUT2D eigenvalue weighted by Crippen LogP contribution is 2.56. The second-order valence-corrected chi connectivity index (χ2v) is 6.53. The van der Waals surface area contributed by atoms with Gasteiger partial charge in [0.1, 0.15) is 0 Å². The molecule has 142 valence electrons. The van der Waals surface area contributed by atoms with Gasteiger partial charge in [0.2, 0.25) is 0 Å². The number of benzene rings is 3. The molecule has 0 unspecified atom stereocenters. The number of nitro benzene ring substituents is 1. The zero-order valence-electron chi connectivity index (χ0n) is 15.7. The summed E-state index contributed by atoms with van der Waals surface area (Å²) in [5.74, 6) is -0.479. The van der Waals surface area contributed by atoms with E-state index >= 15 is 0 Å². The van der Waals surface area contributed by atoms with E-state index in [1.54, 1.807) is 12.1 Å². The van der Waals surface area contributed by atoms with Crippen molar-refractivity contribution >= 4 is 28.4 Å². The Hall–Kier alpha value is -3.99. The Morgan fingerprint density at radius 3 is 1.69 bits per heavy atom. The van der Waals surface area contributed by atoms with Gasteiger partial charge in [-0.1, -0.05) is 60.7 Å². The average Bonchev–Trinajstić information content (AvgIpc) is 3.50. The minimum absolute atomic E-state index is 0.0294. The molecule has 0 aliphatic heterocycles. The van der Waals surface area contributed by atoms with Crippen LogP contribution in [0.2, 0.25) is 0 Å².